The third kappa shape index (κ3) is 5.95. The zero-order valence-corrected chi connectivity index (χ0v) is 30.3. The molecule has 6 heterocycles. The molecule has 52 heavy (non-hydrogen) atoms. The lowest BCUT2D eigenvalue weighted by atomic mass is 10.1. The van der Waals surface area contributed by atoms with Gasteiger partial charge in [-0.2, -0.15) is 0 Å². The van der Waals surface area contributed by atoms with Gasteiger partial charge in [0.25, 0.3) is 11.1 Å². The molecule has 0 radical (unpaired) electrons. The number of ketones is 1. The largest absolute Gasteiger partial charge is 0.411 e. The van der Waals surface area contributed by atoms with Crippen LogP contribution < -0.4 is 21.3 Å². The van der Waals surface area contributed by atoms with Gasteiger partial charge in [-0.15, -0.1) is 22.7 Å². The minimum atomic E-state index is -0.150. The number of hydrogen-bond acceptors (Lipinski definition) is 13. The van der Waals surface area contributed by atoms with E-state index in [4.69, 9.17) is 5.21 Å². The molecule has 0 atom stereocenters. The van der Waals surface area contributed by atoms with Crippen LogP contribution in [0.2, 0.25) is 0 Å². The van der Waals surface area contributed by atoms with Crippen molar-refractivity contribution in [3.63, 3.8) is 0 Å². The molecular weight excluding hydrogens is 699 g/mol. The molecule has 0 saturated carbocycles. The smallest absolute Gasteiger partial charge is 0.275 e. The van der Waals surface area contributed by atoms with Crippen molar-refractivity contribution in [3.8, 4) is 11.4 Å². The highest BCUT2D eigenvalue weighted by Crippen LogP contribution is 2.36. The van der Waals surface area contributed by atoms with Crippen LogP contribution in [0, 0.1) is 0 Å². The number of nitrogens with one attached hydrogen (secondary N) is 1. The fourth-order valence-electron chi connectivity index (χ4n) is 5.83. The van der Waals surface area contributed by atoms with Crippen molar-refractivity contribution >= 4 is 86.4 Å². The van der Waals surface area contributed by atoms with Crippen molar-refractivity contribution in [1.29, 1.82) is 0 Å². The van der Waals surface area contributed by atoms with Crippen LogP contribution in [-0.4, -0.2) is 66.9 Å². The number of hydrogen-bond donors (Lipinski definition) is 2. The van der Waals surface area contributed by atoms with Gasteiger partial charge in [0.05, 0.1) is 44.6 Å². The normalized spacial score (nSPS) is 11.6. The van der Waals surface area contributed by atoms with E-state index in [9.17, 15) is 14.4 Å². The van der Waals surface area contributed by atoms with Crippen molar-refractivity contribution in [2.75, 3.05) is 31.4 Å². The Morgan fingerprint density at radius 3 is 1.96 bits per heavy atom. The molecule has 15 heteroatoms. The lowest BCUT2D eigenvalue weighted by molar-refractivity contribution is 0.101. The van der Waals surface area contributed by atoms with Crippen LogP contribution in [0.1, 0.15) is 29.8 Å². The number of anilines is 2. The quantitative estimate of drug-likeness (QED) is 0.0837. The molecule has 0 unspecified atom stereocenters. The summed E-state index contributed by atoms with van der Waals surface area (Å²) in [4.78, 5) is 58.9. The first kappa shape index (κ1) is 34.1. The number of carbonyl (C=O) groups is 1. The Hall–Kier alpha value is -6.32. The number of nitrogens with zero attached hydrogens (tertiary/aromatic N) is 8. The predicted molar refractivity (Wildman–Crippen MR) is 209 cm³/mol. The van der Waals surface area contributed by atoms with Crippen LogP contribution in [0.15, 0.2) is 100 Å². The van der Waals surface area contributed by atoms with E-state index in [1.165, 1.54) is 51.4 Å². The Kier molecular flexibility index (Phi) is 9.04. The van der Waals surface area contributed by atoms with Gasteiger partial charge < -0.3 is 15.4 Å². The number of rotatable bonds is 6. The second kappa shape index (κ2) is 13.8. The minimum absolute atomic E-state index is 0.0114. The molecule has 8 rings (SSSR count). The Morgan fingerprint density at radius 2 is 1.37 bits per heavy atom. The van der Waals surface area contributed by atoms with Gasteiger partial charge in [0.1, 0.15) is 31.7 Å². The minimum Gasteiger partial charge on any atom is -0.411 e. The summed E-state index contributed by atoms with van der Waals surface area (Å²) in [6, 6.07) is 17.9. The lowest BCUT2D eigenvalue weighted by Gasteiger charge is -2.13. The van der Waals surface area contributed by atoms with Gasteiger partial charge in [-0.25, -0.2) is 19.9 Å². The maximum absolute atomic E-state index is 13.1. The summed E-state index contributed by atoms with van der Waals surface area (Å²) in [6.45, 7) is 3.21. The first-order chi connectivity index (χ1) is 25.1. The average molecular weight is 730 g/mol. The average Bonchev–Trinajstić information content (AvgIpc) is 3.75. The van der Waals surface area contributed by atoms with Gasteiger partial charge in [-0.1, -0.05) is 17.3 Å². The van der Waals surface area contributed by atoms with Gasteiger partial charge in [0, 0.05) is 50.4 Å². The first-order valence-electron chi connectivity index (χ1n) is 15.9. The number of carbonyl (C=O) groups excluding carboxylic acids is 1. The zero-order chi connectivity index (χ0) is 36.7. The molecule has 13 nitrogen and oxygen atoms in total. The Balaban J connectivity index is 0.000000162. The summed E-state index contributed by atoms with van der Waals surface area (Å²) >= 11 is 2.68. The molecule has 2 N–H and O–H groups in total. The van der Waals surface area contributed by atoms with Gasteiger partial charge >= 0.3 is 0 Å². The molecule has 0 aliphatic carbocycles. The third-order valence-corrected chi connectivity index (χ3v) is 10.7. The molecule has 0 aliphatic heterocycles. The standard InChI is InChI=1S/C19H17N5O2S.C18H14N4O2S/c1-11(22-26)12-5-4-6-13(9-12)24-10-21-16-15-14(23(2)3)7-8-20-18(15)27-17(16)19(24)25;1-10(23)11-3-5-12(6-4-11)22-9-21-15-14-13(19-2)7-8-20-17(14)25-16(15)18(22)24/h4-10,26H,1-3H3;3-9H,1-2H3,(H,19,20). The van der Waals surface area contributed by atoms with Crippen molar-refractivity contribution < 1.29 is 10.0 Å². The van der Waals surface area contributed by atoms with Crippen molar-refractivity contribution in [2.24, 2.45) is 5.16 Å². The van der Waals surface area contributed by atoms with E-state index in [1.54, 1.807) is 49.6 Å². The lowest BCUT2D eigenvalue weighted by Crippen LogP contribution is -2.18. The Labute approximate surface area is 303 Å². The number of oxime groups is 1. The van der Waals surface area contributed by atoms with Crippen LogP contribution in [0.3, 0.4) is 0 Å². The van der Waals surface area contributed by atoms with Crippen molar-refractivity contribution in [1.82, 2.24) is 29.1 Å². The molecule has 0 saturated heterocycles. The second-order valence-electron chi connectivity index (χ2n) is 11.9. The van der Waals surface area contributed by atoms with Crippen LogP contribution in [-0.2, 0) is 0 Å². The summed E-state index contributed by atoms with van der Waals surface area (Å²) in [6.07, 6.45) is 6.51. The van der Waals surface area contributed by atoms with E-state index in [0.717, 1.165) is 37.4 Å². The molecular formula is C37H31N9O4S2. The van der Waals surface area contributed by atoms with E-state index in [0.29, 0.717) is 43.1 Å². The maximum atomic E-state index is 13.1. The number of thiophene rings is 2. The summed E-state index contributed by atoms with van der Waals surface area (Å²) in [7, 11) is 5.74. The Morgan fingerprint density at radius 1 is 0.769 bits per heavy atom. The summed E-state index contributed by atoms with van der Waals surface area (Å²) in [5.74, 6) is -0.0114. The zero-order valence-electron chi connectivity index (χ0n) is 28.6. The molecule has 2 aromatic carbocycles. The number of fused-ring (bicyclic) bond motifs is 6. The molecule has 0 spiro atoms. The van der Waals surface area contributed by atoms with E-state index in [-0.39, 0.29) is 16.9 Å². The van der Waals surface area contributed by atoms with Gasteiger partial charge in [0.2, 0.25) is 0 Å². The molecule has 0 fully saturated rings. The van der Waals surface area contributed by atoms with Crippen LogP contribution in [0.25, 0.3) is 52.2 Å². The maximum Gasteiger partial charge on any atom is 0.275 e. The van der Waals surface area contributed by atoms with E-state index < -0.39 is 0 Å². The SMILES string of the molecule is CC(=NO)c1cccc(-n2cnc3c(sc4nccc(N(C)C)c43)c2=O)c1.CNc1ccnc2sc3c(=O)n(-c4ccc(C(C)=O)cc4)cnc3c12. The van der Waals surface area contributed by atoms with E-state index in [1.807, 2.05) is 56.4 Å². The molecule has 260 valence electrons. The van der Waals surface area contributed by atoms with E-state index in [2.05, 4.69) is 30.4 Å². The molecule has 8 aromatic rings. The number of Topliss-reactive ketones (excluding diaryl/α,β-unsaturated/α-hetero) is 1. The second-order valence-corrected chi connectivity index (χ2v) is 13.9. The van der Waals surface area contributed by atoms with Gasteiger partial charge in [-0.05, 0) is 62.4 Å². The number of benzene rings is 2. The highest BCUT2D eigenvalue weighted by molar-refractivity contribution is 7.25. The molecule has 0 aliphatic rings. The topological polar surface area (TPSA) is 160 Å². The third-order valence-electron chi connectivity index (χ3n) is 8.54. The fraction of sp³-hybridized carbons (Fsp3) is 0.135. The summed E-state index contributed by atoms with van der Waals surface area (Å²) < 4.78 is 4.11. The van der Waals surface area contributed by atoms with Crippen LogP contribution in [0.5, 0.6) is 0 Å². The highest BCUT2D eigenvalue weighted by atomic mass is 32.1. The monoisotopic (exact) mass is 729 g/mol. The highest BCUT2D eigenvalue weighted by Gasteiger charge is 2.18. The fourth-order valence-corrected chi connectivity index (χ4v) is 7.93. The summed E-state index contributed by atoms with van der Waals surface area (Å²) in [5.41, 5.74) is 6.03. The predicted octanol–water partition coefficient (Wildman–Crippen LogP) is 6.50. The van der Waals surface area contributed by atoms with Crippen LogP contribution >= 0.6 is 22.7 Å². The molecule has 0 amide bonds. The number of aromatic nitrogens is 6. The van der Waals surface area contributed by atoms with Gasteiger partial charge in [-0.3, -0.25) is 23.5 Å². The van der Waals surface area contributed by atoms with Crippen molar-refractivity contribution in [2.45, 2.75) is 13.8 Å². The Bertz CT molecular complexity index is 2820. The molecule has 6 aromatic heterocycles. The first-order valence-corrected chi connectivity index (χ1v) is 17.6. The van der Waals surface area contributed by atoms with Gasteiger partial charge in [0.15, 0.2) is 5.78 Å². The number of pyridine rings is 2. The van der Waals surface area contributed by atoms with E-state index >= 15 is 0 Å². The molecule has 0 bridgehead atoms. The van der Waals surface area contributed by atoms with Crippen LogP contribution in [0.4, 0.5) is 11.4 Å². The van der Waals surface area contributed by atoms with Crippen molar-refractivity contribution in [3.05, 3.63) is 118 Å². The summed E-state index contributed by atoms with van der Waals surface area (Å²) in [5, 5.41) is 17.1.